The minimum absolute atomic E-state index is 0.0252. The van der Waals surface area contributed by atoms with E-state index in [0.29, 0.717) is 41.0 Å². The van der Waals surface area contributed by atoms with Crippen molar-refractivity contribution in [2.75, 3.05) is 6.54 Å². The summed E-state index contributed by atoms with van der Waals surface area (Å²) in [5, 5.41) is 8.02. The molecule has 5 aliphatic carbocycles. The van der Waals surface area contributed by atoms with Gasteiger partial charge in [-0.2, -0.15) is 0 Å². The van der Waals surface area contributed by atoms with Crippen LogP contribution in [0.15, 0.2) is 0 Å². The Kier molecular flexibility index (Phi) is 6.40. The fraction of sp³-hybridized carbons (Fsp3) is 1.00. The molecule has 0 aromatic rings. The molecule has 0 radical (unpaired) electrons. The lowest BCUT2D eigenvalue weighted by Crippen LogP contribution is -2.58. The van der Waals surface area contributed by atoms with Gasteiger partial charge in [-0.1, -0.05) is 40.5 Å². The third-order valence-electron chi connectivity index (χ3n) is 14.4. The van der Waals surface area contributed by atoms with Crippen LogP contribution in [0.3, 0.4) is 0 Å². The molecule has 2 aliphatic heterocycles. The first-order chi connectivity index (χ1) is 17.7. The van der Waals surface area contributed by atoms with Gasteiger partial charge >= 0.3 is 0 Å². The molecule has 2 heterocycles. The average Bonchev–Trinajstić information content (AvgIpc) is 3.33. The number of rotatable bonds is 2. The van der Waals surface area contributed by atoms with Crippen LogP contribution in [0.2, 0.25) is 0 Å². The van der Waals surface area contributed by atoms with Crippen molar-refractivity contribution in [3.8, 4) is 0 Å². The number of piperidine rings is 1. The van der Waals surface area contributed by atoms with Gasteiger partial charge in [0.25, 0.3) is 0 Å². The van der Waals surface area contributed by atoms with Crippen LogP contribution in [0.1, 0.15) is 118 Å². The van der Waals surface area contributed by atoms with Gasteiger partial charge in [-0.25, -0.2) is 0 Å². The molecule has 1 unspecified atom stereocenters. The van der Waals surface area contributed by atoms with Crippen LogP contribution < -0.4 is 16.4 Å². The van der Waals surface area contributed by atoms with Crippen molar-refractivity contribution in [1.29, 1.82) is 0 Å². The first kappa shape index (κ1) is 25.8. The zero-order chi connectivity index (χ0) is 25.6. The van der Waals surface area contributed by atoms with E-state index < -0.39 is 0 Å². The molecule has 4 heteroatoms. The molecule has 4 nitrogen and oxygen atoms in total. The highest BCUT2D eigenvalue weighted by atomic mass is 16.5. The summed E-state index contributed by atoms with van der Waals surface area (Å²) in [6.07, 6.45) is 19.7. The van der Waals surface area contributed by atoms with Crippen molar-refractivity contribution in [1.82, 2.24) is 10.6 Å². The van der Waals surface area contributed by atoms with Crippen LogP contribution in [-0.2, 0) is 4.74 Å². The van der Waals surface area contributed by atoms with E-state index in [2.05, 4.69) is 38.3 Å². The van der Waals surface area contributed by atoms with Crippen molar-refractivity contribution in [2.45, 2.75) is 148 Å². The van der Waals surface area contributed by atoms with Gasteiger partial charge in [0.1, 0.15) is 5.72 Å². The minimum atomic E-state index is -0.0252. The normalized spacial score (nSPS) is 59.4. The lowest BCUT2D eigenvalue weighted by atomic mass is 9.44. The van der Waals surface area contributed by atoms with E-state index >= 15 is 0 Å². The molecule has 0 bridgehead atoms. The molecule has 7 aliphatic rings. The number of ether oxygens (including phenoxy) is 1. The van der Waals surface area contributed by atoms with Crippen LogP contribution in [0, 0.1) is 52.3 Å². The van der Waals surface area contributed by atoms with E-state index in [-0.39, 0.29) is 5.72 Å². The van der Waals surface area contributed by atoms with Crippen molar-refractivity contribution >= 4 is 0 Å². The molecule has 0 amide bonds. The van der Waals surface area contributed by atoms with Crippen LogP contribution in [0.4, 0.5) is 0 Å². The number of hydrogen-bond donors (Lipinski definition) is 3. The van der Waals surface area contributed by atoms with Gasteiger partial charge in [-0.05, 0) is 123 Å². The Labute approximate surface area is 227 Å². The Balaban J connectivity index is 1.05. The summed E-state index contributed by atoms with van der Waals surface area (Å²) >= 11 is 0. The first-order valence-electron chi connectivity index (χ1n) is 16.7. The molecule has 5 saturated carbocycles. The van der Waals surface area contributed by atoms with Crippen LogP contribution in [-0.4, -0.2) is 36.5 Å². The molecule has 0 aromatic heterocycles. The van der Waals surface area contributed by atoms with E-state index in [0.717, 1.165) is 42.1 Å². The molecule has 0 aromatic carbocycles. The maximum absolute atomic E-state index is 7.11. The van der Waals surface area contributed by atoms with E-state index in [4.69, 9.17) is 10.5 Å². The average molecular weight is 512 g/mol. The van der Waals surface area contributed by atoms with Crippen molar-refractivity contribution in [3.05, 3.63) is 0 Å². The zero-order valence-electron chi connectivity index (χ0n) is 24.4. The van der Waals surface area contributed by atoms with Crippen molar-refractivity contribution in [3.63, 3.8) is 0 Å². The lowest BCUT2D eigenvalue weighted by Gasteiger charge is -2.61. The van der Waals surface area contributed by atoms with Gasteiger partial charge in [0.05, 0.1) is 6.10 Å². The topological polar surface area (TPSA) is 59.3 Å². The third-order valence-corrected chi connectivity index (χ3v) is 14.4. The Morgan fingerprint density at radius 2 is 1.65 bits per heavy atom. The predicted octanol–water partition coefficient (Wildman–Crippen LogP) is 6.23. The summed E-state index contributed by atoms with van der Waals surface area (Å²) in [5.74, 6) is 5.88. The molecule has 4 N–H and O–H groups in total. The summed E-state index contributed by atoms with van der Waals surface area (Å²) in [4.78, 5) is 0. The maximum atomic E-state index is 7.11. The van der Waals surface area contributed by atoms with Crippen LogP contribution in [0.5, 0.6) is 0 Å². The largest absolute Gasteiger partial charge is 0.357 e. The number of nitrogens with two attached hydrogens (primary N) is 1. The molecule has 7 rings (SSSR count). The summed E-state index contributed by atoms with van der Waals surface area (Å²) in [6.45, 7) is 11.5. The van der Waals surface area contributed by atoms with Crippen molar-refractivity contribution < 1.29 is 4.74 Å². The van der Waals surface area contributed by atoms with Gasteiger partial charge in [-0.15, -0.1) is 0 Å². The molecular formula is C33H57N3O. The molecule has 37 heavy (non-hydrogen) atoms. The summed E-state index contributed by atoms with van der Waals surface area (Å²) in [6, 6.07) is 1.66. The predicted molar refractivity (Wildman–Crippen MR) is 151 cm³/mol. The molecule has 7 fully saturated rings. The second-order valence-corrected chi connectivity index (χ2v) is 16.0. The number of hydrogen-bond acceptors (Lipinski definition) is 4. The Hall–Kier alpha value is -0.160. The number of fused-ring (bicyclic) bond motifs is 7. The van der Waals surface area contributed by atoms with Gasteiger partial charge in [0, 0.05) is 30.6 Å². The fourth-order valence-corrected chi connectivity index (χ4v) is 12.3. The van der Waals surface area contributed by atoms with E-state index in [1.807, 2.05) is 0 Å². The summed E-state index contributed by atoms with van der Waals surface area (Å²) < 4.78 is 7.11. The van der Waals surface area contributed by atoms with Crippen LogP contribution in [0.25, 0.3) is 0 Å². The lowest BCUT2D eigenvalue weighted by molar-refractivity contribution is -0.134. The zero-order valence-corrected chi connectivity index (χ0v) is 24.4. The SMILES string of the molecule is C[C@H]1CC[C@]2(NC1)O[C@H]1C[C@H]3[C@@H]4CC[C@H]5CC(N[C@H]6CCCC[C@@H]6N)CC[C@]5(C)[C@H]4CC[C@]3(C)[C@H]1[C@@H]2C. The monoisotopic (exact) mass is 511 g/mol. The minimum Gasteiger partial charge on any atom is -0.357 e. The van der Waals surface area contributed by atoms with Gasteiger partial charge in [0.2, 0.25) is 0 Å². The first-order valence-corrected chi connectivity index (χ1v) is 16.7. The van der Waals surface area contributed by atoms with Gasteiger partial charge < -0.3 is 15.8 Å². The summed E-state index contributed by atoms with van der Waals surface area (Å²) in [5.41, 5.74) is 7.55. The third kappa shape index (κ3) is 3.88. The van der Waals surface area contributed by atoms with Crippen LogP contribution >= 0.6 is 0 Å². The molecule has 1 spiro atoms. The maximum Gasteiger partial charge on any atom is 0.122 e. The van der Waals surface area contributed by atoms with E-state index in [1.165, 1.54) is 89.9 Å². The molecule has 14 atom stereocenters. The molecular weight excluding hydrogens is 454 g/mol. The smallest absolute Gasteiger partial charge is 0.122 e. The Morgan fingerprint density at radius 1 is 0.838 bits per heavy atom. The molecule has 210 valence electrons. The quantitative estimate of drug-likeness (QED) is 0.411. The highest BCUT2D eigenvalue weighted by Crippen LogP contribution is 2.71. The van der Waals surface area contributed by atoms with E-state index in [1.54, 1.807) is 0 Å². The second-order valence-electron chi connectivity index (χ2n) is 16.0. The standard InChI is InChI=1S/C33H57N3O/c1-20-11-16-33(35-19-20)21(2)30-29(37-33)18-26-24-10-9-22-17-23(36-28-8-6-5-7-27(28)34)12-14-31(22,3)25(24)13-15-32(26,30)4/h20-30,35-36H,5-19,34H2,1-4H3/t20-,21-,22-,23?,24+,25-,26-,27-,28-,29-,30-,31-,32-,33-/m0/s1. The van der Waals surface area contributed by atoms with E-state index in [9.17, 15) is 0 Å². The van der Waals surface area contributed by atoms with Crippen molar-refractivity contribution in [2.24, 2.45) is 58.0 Å². The highest BCUT2D eigenvalue weighted by molar-refractivity contribution is 5.16. The summed E-state index contributed by atoms with van der Waals surface area (Å²) in [7, 11) is 0. The Bertz CT molecular complexity index is 855. The second kappa shape index (κ2) is 9.18. The highest BCUT2D eigenvalue weighted by Gasteiger charge is 2.68. The number of nitrogens with one attached hydrogen (secondary N) is 2. The van der Waals surface area contributed by atoms with Gasteiger partial charge in [-0.3, -0.25) is 5.32 Å². The van der Waals surface area contributed by atoms with Gasteiger partial charge in [0.15, 0.2) is 0 Å². The Morgan fingerprint density at radius 3 is 2.43 bits per heavy atom. The fourth-order valence-electron chi connectivity index (χ4n) is 12.3. The molecule has 2 saturated heterocycles.